The minimum atomic E-state index is 0.0866. The molecule has 0 N–H and O–H groups in total. The first-order valence-electron chi connectivity index (χ1n) is 6.10. The molecule has 2 aromatic carbocycles. The number of hydrogen-bond acceptors (Lipinski definition) is 2. The lowest BCUT2D eigenvalue weighted by Crippen LogP contribution is -2.20. The second kappa shape index (κ2) is 4.62. The fourth-order valence-electron chi connectivity index (χ4n) is 2.25. The van der Waals surface area contributed by atoms with Crippen molar-refractivity contribution in [2.75, 3.05) is 0 Å². The Balaban J connectivity index is 2.08. The Morgan fingerprint density at radius 2 is 1.83 bits per heavy atom. The maximum Gasteiger partial charge on any atom is 0.175 e. The zero-order chi connectivity index (χ0) is 12.5. The minimum absolute atomic E-state index is 0.0866. The molecule has 18 heavy (non-hydrogen) atoms. The Labute approximate surface area is 111 Å². The van der Waals surface area contributed by atoms with Crippen molar-refractivity contribution < 1.29 is 4.79 Å². The molecule has 1 aliphatic rings. The van der Waals surface area contributed by atoms with E-state index < -0.39 is 0 Å². The number of benzene rings is 2. The summed E-state index contributed by atoms with van der Waals surface area (Å²) in [6.07, 6.45) is 0. The molecule has 1 unspecified atom stereocenters. The largest absolute Gasteiger partial charge is 0.293 e. The summed E-state index contributed by atoms with van der Waals surface area (Å²) in [5.74, 6) is 1.20. The summed E-state index contributed by atoms with van der Waals surface area (Å²) in [5.41, 5.74) is 4.37. The van der Waals surface area contributed by atoms with E-state index in [-0.39, 0.29) is 11.0 Å². The number of ketones is 1. The van der Waals surface area contributed by atoms with Crippen molar-refractivity contribution in [2.24, 2.45) is 0 Å². The van der Waals surface area contributed by atoms with Crippen molar-refractivity contribution in [3.8, 4) is 11.1 Å². The number of thioether (sulfide) groups is 1. The first-order chi connectivity index (χ1) is 8.75. The highest BCUT2D eigenvalue weighted by Gasteiger charge is 2.24. The summed E-state index contributed by atoms with van der Waals surface area (Å²) < 4.78 is 0. The van der Waals surface area contributed by atoms with Gasteiger partial charge in [0.05, 0.1) is 5.25 Å². The van der Waals surface area contributed by atoms with Crippen LogP contribution in [0.3, 0.4) is 0 Å². The summed E-state index contributed by atoms with van der Waals surface area (Å²) in [6.45, 7) is 1.99. The van der Waals surface area contributed by atoms with Crippen LogP contribution in [0, 0.1) is 0 Å². The Bertz CT molecular complexity index is 589. The van der Waals surface area contributed by atoms with Crippen LogP contribution in [0.4, 0.5) is 0 Å². The fraction of sp³-hybridized carbons (Fsp3) is 0.188. The smallest absolute Gasteiger partial charge is 0.175 e. The maximum atomic E-state index is 12.2. The summed E-state index contributed by atoms with van der Waals surface area (Å²) >= 11 is 1.72. The number of Topliss-reactive ketones (excluding diaryl/α,β-unsaturated/α-hetero) is 1. The van der Waals surface area contributed by atoms with Crippen LogP contribution in [0.1, 0.15) is 22.8 Å². The van der Waals surface area contributed by atoms with Gasteiger partial charge in [0.15, 0.2) is 5.78 Å². The van der Waals surface area contributed by atoms with Crippen LogP contribution in [0.5, 0.6) is 0 Å². The molecule has 1 aliphatic heterocycles. The van der Waals surface area contributed by atoms with E-state index in [4.69, 9.17) is 0 Å². The van der Waals surface area contributed by atoms with E-state index >= 15 is 0 Å². The normalized spacial score (nSPS) is 18.5. The van der Waals surface area contributed by atoms with E-state index in [1.165, 1.54) is 11.1 Å². The van der Waals surface area contributed by atoms with Crippen LogP contribution in [-0.2, 0) is 5.75 Å². The van der Waals surface area contributed by atoms with Gasteiger partial charge in [0.1, 0.15) is 0 Å². The van der Waals surface area contributed by atoms with E-state index in [1.54, 1.807) is 11.8 Å². The number of carbonyl (C=O) groups is 1. The predicted molar refractivity (Wildman–Crippen MR) is 77.0 cm³/mol. The minimum Gasteiger partial charge on any atom is -0.293 e. The molecule has 1 nitrogen and oxygen atoms in total. The van der Waals surface area contributed by atoms with Crippen molar-refractivity contribution in [3.63, 3.8) is 0 Å². The van der Waals surface area contributed by atoms with Crippen molar-refractivity contribution >= 4 is 17.5 Å². The molecule has 0 spiro atoms. The topological polar surface area (TPSA) is 17.1 Å². The van der Waals surface area contributed by atoms with Gasteiger partial charge < -0.3 is 0 Å². The van der Waals surface area contributed by atoms with Crippen molar-refractivity contribution in [2.45, 2.75) is 17.9 Å². The van der Waals surface area contributed by atoms with Crippen molar-refractivity contribution in [1.82, 2.24) is 0 Å². The molecule has 0 aliphatic carbocycles. The zero-order valence-electron chi connectivity index (χ0n) is 10.2. The highest BCUT2D eigenvalue weighted by Crippen LogP contribution is 2.32. The standard InChI is InChI=1S/C16H14OS/c1-11-16(17)15-9-13(7-8-14(15)10-18-11)12-5-3-2-4-6-12/h2-9,11H,10H2,1H3. The number of rotatable bonds is 1. The molecule has 1 atom stereocenters. The average molecular weight is 254 g/mol. The average Bonchev–Trinajstić information content (AvgIpc) is 2.44. The highest BCUT2D eigenvalue weighted by atomic mass is 32.2. The van der Waals surface area contributed by atoms with Crippen LogP contribution in [0.15, 0.2) is 48.5 Å². The molecule has 90 valence electrons. The third-order valence-corrected chi connectivity index (χ3v) is 4.53. The first kappa shape index (κ1) is 11.5. The Kier molecular flexibility index (Phi) is 2.96. The van der Waals surface area contributed by atoms with E-state index in [9.17, 15) is 4.79 Å². The van der Waals surface area contributed by atoms with E-state index in [1.807, 2.05) is 31.2 Å². The maximum absolute atomic E-state index is 12.2. The second-order valence-electron chi connectivity index (χ2n) is 4.56. The van der Waals surface area contributed by atoms with Crippen LogP contribution < -0.4 is 0 Å². The van der Waals surface area contributed by atoms with Crippen molar-refractivity contribution in [1.29, 1.82) is 0 Å². The van der Waals surface area contributed by atoms with Gasteiger partial charge in [0.25, 0.3) is 0 Å². The third kappa shape index (κ3) is 1.97. The molecule has 1 heterocycles. The van der Waals surface area contributed by atoms with Crippen LogP contribution in [-0.4, -0.2) is 11.0 Å². The summed E-state index contributed by atoms with van der Waals surface area (Å²) in [7, 11) is 0. The number of carbonyl (C=O) groups excluding carboxylic acids is 1. The first-order valence-corrected chi connectivity index (χ1v) is 7.15. The second-order valence-corrected chi connectivity index (χ2v) is 5.88. The van der Waals surface area contributed by atoms with Gasteiger partial charge >= 0.3 is 0 Å². The lowest BCUT2D eigenvalue weighted by molar-refractivity contribution is 0.0991. The molecule has 2 aromatic rings. The fourth-order valence-corrected chi connectivity index (χ4v) is 3.21. The van der Waals surface area contributed by atoms with Gasteiger partial charge in [-0.05, 0) is 29.7 Å². The molecule has 2 heteroatoms. The molecule has 0 bridgehead atoms. The lowest BCUT2D eigenvalue weighted by Gasteiger charge is -2.20. The lowest BCUT2D eigenvalue weighted by atomic mass is 9.96. The predicted octanol–water partition coefficient (Wildman–Crippen LogP) is 4.17. The molecule has 0 radical (unpaired) electrons. The van der Waals surface area contributed by atoms with Gasteiger partial charge in [-0.1, -0.05) is 42.5 Å². The summed E-state index contributed by atoms with van der Waals surface area (Å²) in [6, 6.07) is 16.5. The summed E-state index contributed by atoms with van der Waals surface area (Å²) in [5, 5.41) is 0.0866. The molecule has 0 fully saturated rings. The van der Waals surface area contributed by atoms with Crippen LogP contribution in [0.2, 0.25) is 0 Å². The SMILES string of the molecule is CC1SCc2ccc(-c3ccccc3)cc2C1=O. The zero-order valence-corrected chi connectivity index (χ0v) is 11.0. The molecular weight excluding hydrogens is 240 g/mol. The Hall–Kier alpha value is -1.54. The summed E-state index contributed by atoms with van der Waals surface area (Å²) in [4.78, 5) is 12.2. The highest BCUT2D eigenvalue weighted by molar-refractivity contribution is 8.00. The molecule has 0 saturated heterocycles. The van der Waals surface area contributed by atoms with Gasteiger partial charge in [0, 0.05) is 11.3 Å². The van der Waals surface area contributed by atoms with Gasteiger partial charge in [-0.15, -0.1) is 11.8 Å². The monoisotopic (exact) mass is 254 g/mol. The molecule has 0 saturated carbocycles. The van der Waals surface area contributed by atoms with Gasteiger partial charge in [-0.25, -0.2) is 0 Å². The number of fused-ring (bicyclic) bond motifs is 1. The molecular formula is C16H14OS. The Morgan fingerprint density at radius 1 is 1.06 bits per heavy atom. The van der Waals surface area contributed by atoms with Gasteiger partial charge in [-0.3, -0.25) is 4.79 Å². The van der Waals surface area contributed by atoms with Crippen LogP contribution in [0.25, 0.3) is 11.1 Å². The van der Waals surface area contributed by atoms with Gasteiger partial charge in [0.2, 0.25) is 0 Å². The number of hydrogen-bond donors (Lipinski definition) is 0. The van der Waals surface area contributed by atoms with Gasteiger partial charge in [-0.2, -0.15) is 0 Å². The van der Waals surface area contributed by atoms with Crippen molar-refractivity contribution in [3.05, 3.63) is 59.7 Å². The third-order valence-electron chi connectivity index (χ3n) is 3.34. The van der Waals surface area contributed by atoms with E-state index in [0.29, 0.717) is 0 Å². The molecule has 3 rings (SSSR count). The Morgan fingerprint density at radius 3 is 2.61 bits per heavy atom. The molecule has 0 amide bonds. The molecule has 0 aromatic heterocycles. The quantitative estimate of drug-likeness (QED) is 0.759. The van der Waals surface area contributed by atoms with E-state index in [0.717, 1.165) is 16.9 Å². The van der Waals surface area contributed by atoms with Crippen LogP contribution >= 0.6 is 11.8 Å². The van der Waals surface area contributed by atoms with E-state index in [2.05, 4.69) is 24.3 Å².